The Kier molecular flexibility index (Phi) is 9.16. The lowest BCUT2D eigenvalue weighted by Gasteiger charge is -1.94. The van der Waals surface area contributed by atoms with Crippen LogP contribution in [-0.2, 0) is 4.79 Å². The van der Waals surface area contributed by atoms with Gasteiger partial charge in [-0.2, -0.15) is 0 Å². The highest BCUT2D eigenvalue weighted by Crippen LogP contribution is 2.06. The van der Waals surface area contributed by atoms with Crippen LogP contribution in [0.2, 0.25) is 0 Å². The van der Waals surface area contributed by atoms with Crippen LogP contribution in [0, 0.1) is 0 Å². The number of halogens is 2. The summed E-state index contributed by atoms with van der Waals surface area (Å²) in [5.41, 5.74) is 0. The molecule has 0 aromatic carbocycles. The van der Waals surface area contributed by atoms with Crippen LogP contribution >= 0.6 is 45.2 Å². The Bertz CT molecular complexity index is 93.6. The number of carbonyl (C=O) groups is 1. The number of alkyl halides is 1. The Balaban J connectivity index is 2.84. The van der Waals surface area contributed by atoms with Crippen molar-refractivity contribution in [1.29, 1.82) is 0 Å². The highest BCUT2D eigenvalue weighted by atomic mass is 127. The molecular weight excluding hydrogens is 354 g/mol. The van der Waals surface area contributed by atoms with Gasteiger partial charge in [0.15, 0.2) is 3.79 Å². The van der Waals surface area contributed by atoms with E-state index in [1.54, 1.807) is 0 Å². The van der Waals surface area contributed by atoms with Gasteiger partial charge in [0.2, 0.25) is 0 Å². The molecule has 0 saturated carbocycles. The van der Waals surface area contributed by atoms with Crippen LogP contribution in [0.5, 0.6) is 0 Å². The van der Waals surface area contributed by atoms with E-state index in [2.05, 4.69) is 22.6 Å². The van der Waals surface area contributed by atoms with Crippen molar-refractivity contribution in [3.05, 3.63) is 0 Å². The van der Waals surface area contributed by atoms with E-state index in [-0.39, 0.29) is 0 Å². The maximum Gasteiger partial charge on any atom is 0.192 e. The minimum atomic E-state index is 0.298. The van der Waals surface area contributed by atoms with Gasteiger partial charge in [0.1, 0.15) is 0 Å². The third-order valence-corrected chi connectivity index (χ3v) is 2.56. The zero-order chi connectivity index (χ0) is 7.82. The zero-order valence-electron chi connectivity index (χ0n) is 5.91. The van der Waals surface area contributed by atoms with E-state index in [1.807, 2.05) is 22.6 Å². The summed E-state index contributed by atoms with van der Waals surface area (Å²) < 4.78 is 1.54. The van der Waals surface area contributed by atoms with Crippen LogP contribution in [-0.4, -0.2) is 8.22 Å². The van der Waals surface area contributed by atoms with Gasteiger partial charge in [-0.25, -0.2) is 0 Å². The summed E-state index contributed by atoms with van der Waals surface area (Å²) in [7, 11) is 0. The largest absolute Gasteiger partial charge is 0.288 e. The molecule has 0 aromatic heterocycles. The molecule has 0 aliphatic rings. The van der Waals surface area contributed by atoms with Crippen molar-refractivity contribution >= 4 is 49.0 Å². The number of hydrogen-bond donors (Lipinski definition) is 0. The maximum absolute atomic E-state index is 10.5. The summed E-state index contributed by atoms with van der Waals surface area (Å²) in [6, 6.07) is 0. The maximum atomic E-state index is 10.5. The quantitative estimate of drug-likeness (QED) is 0.305. The number of unbranched alkanes of at least 4 members (excludes halogenated alkanes) is 3. The van der Waals surface area contributed by atoms with E-state index in [0.29, 0.717) is 3.79 Å². The minimum absolute atomic E-state index is 0.298. The predicted octanol–water partition coefficient (Wildman–Crippen LogP) is 3.33. The molecule has 0 radical (unpaired) electrons. The fraction of sp³-hybridized carbons (Fsp3) is 0.857. The molecule has 0 N–H and O–H groups in total. The molecule has 0 aliphatic carbocycles. The second-order valence-electron chi connectivity index (χ2n) is 2.21. The molecule has 0 fully saturated rings. The molecule has 3 heteroatoms. The standard InChI is InChI=1S/C7H12I2O/c8-6-4-2-1-3-5-7(9)10/h1-6H2. The highest BCUT2D eigenvalue weighted by molar-refractivity contribution is 14.1. The smallest absolute Gasteiger partial charge is 0.192 e. The Morgan fingerprint density at radius 3 is 2.20 bits per heavy atom. The molecule has 0 saturated heterocycles. The molecule has 60 valence electrons. The van der Waals surface area contributed by atoms with Crippen molar-refractivity contribution in [2.45, 2.75) is 32.1 Å². The van der Waals surface area contributed by atoms with Gasteiger partial charge >= 0.3 is 0 Å². The number of hydrogen-bond acceptors (Lipinski definition) is 1. The summed E-state index contributed by atoms with van der Waals surface area (Å²) in [4.78, 5) is 10.5. The van der Waals surface area contributed by atoms with E-state index >= 15 is 0 Å². The van der Waals surface area contributed by atoms with Crippen molar-refractivity contribution < 1.29 is 4.79 Å². The summed E-state index contributed by atoms with van der Waals surface area (Å²) in [6.07, 6.45) is 5.65. The van der Waals surface area contributed by atoms with Gasteiger partial charge in [-0.05, 0) is 39.9 Å². The van der Waals surface area contributed by atoms with E-state index in [4.69, 9.17) is 0 Å². The second-order valence-corrected chi connectivity index (χ2v) is 4.49. The fourth-order valence-corrected chi connectivity index (χ4v) is 1.63. The summed E-state index contributed by atoms with van der Waals surface area (Å²) in [6.45, 7) is 0. The molecule has 1 nitrogen and oxygen atoms in total. The van der Waals surface area contributed by atoms with Crippen molar-refractivity contribution in [2.75, 3.05) is 4.43 Å². The van der Waals surface area contributed by atoms with Crippen LogP contribution in [0.25, 0.3) is 0 Å². The van der Waals surface area contributed by atoms with Crippen molar-refractivity contribution in [3.63, 3.8) is 0 Å². The summed E-state index contributed by atoms with van der Waals surface area (Å²) in [5.74, 6) is 0. The molecule has 0 rings (SSSR count). The SMILES string of the molecule is O=C(I)CCCCCCI. The first-order valence-electron chi connectivity index (χ1n) is 3.51. The third kappa shape index (κ3) is 9.13. The van der Waals surface area contributed by atoms with E-state index < -0.39 is 0 Å². The second kappa shape index (κ2) is 8.23. The molecule has 0 spiro atoms. The Morgan fingerprint density at radius 2 is 1.70 bits per heavy atom. The molecular formula is C7H12I2O. The van der Waals surface area contributed by atoms with Crippen molar-refractivity contribution in [2.24, 2.45) is 0 Å². The lowest BCUT2D eigenvalue weighted by atomic mass is 10.2. The molecule has 0 unspecified atom stereocenters. The van der Waals surface area contributed by atoms with Crippen LogP contribution < -0.4 is 0 Å². The van der Waals surface area contributed by atoms with Gasteiger partial charge in [-0.15, -0.1) is 0 Å². The minimum Gasteiger partial charge on any atom is -0.288 e. The van der Waals surface area contributed by atoms with Crippen molar-refractivity contribution in [3.8, 4) is 0 Å². The lowest BCUT2D eigenvalue weighted by molar-refractivity contribution is -0.109. The predicted molar refractivity (Wildman–Crippen MR) is 61.0 cm³/mol. The molecule has 0 heterocycles. The van der Waals surface area contributed by atoms with Gasteiger partial charge in [0.25, 0.3) is 0 Å². The summed E-state index contributed by atoms with van der Waals surface area (Å²) in [5, 5.41) is 0. The Morgan fingerprint density at radius 1 is 1.10 bits per heavy atom. The van der Waals surface area contributed by atoms with E-state index in [9.17, 15) is 4.79 Å². The first kappa shape index (κ1) is 11.1. The van der Waals surface area contributed by atoms with Gasteiger partial charge in [0, 0.05) is 6.42 Å². The average molecular weight is 366 g/mol. The number of rotatable bonds is 6. The van der Waals surface area contributed by atoms with E-state index in [0.717, 1.165) is 12.8 Å². The van der Waals surface area contributed by atoms with Gasteiger partial charge in [0.05, 0.1) is 0 Å². The first-order chi connectivity index (χ1) is 4.77. The van der Waals surface area contributed by atoms with Gasteiger partial charge in [-0.3, -0.25) is 4.79 Å². The normalized spacial score (nSPS) is 9.80. The molecule has 10 heavy (non-hydrogen) atoms. The van der Waals surface area contributed by atoms with Gasteiger partial charge in [-0.1, -0.05) is 35.4 Å². The topological polar surface area (TPSA) is 17.1 Å². The van der Waals surface area contributed by atoms with Crippen molar-refractivity contribution in [1.82, 2.24) is 0 Å². The molecule has 0 amide bonds. The van der Waals surface area contributed by atoms with Crippen LogP contribution in [0.15, 0.2) is 0 Å². The molecule has 0 aliphatic heterocycles. The molecule has 0 atom stereocenters. The molecule has 0 aromatic rings. The Labute approximate surface area is 89.6 Å². The van der Waals surface area contributed by atoms with E-state index in [1.165, 1.54) is 23.7 Å². The van der Waals surface area contributed by atoms with Crippen LogP contribution in [0.1, 0.15) is 32.1 Å². The lowest BCUT2D eigenvalue weighted by Crippen LogP contribution is -1.85. The van der Waals surface area contributed by atoms with Crippen LogP contribution in [0.3, 0.4) is 0 Å². The number of carbonyl (C=O) groups excluding carboxylic acids is 1. The summed E-state index contributed by atoms with van der Waals surface area (Å²) >= 11 is 4.25. The van der Waals surface area contributed by atoms with Gasteiger partial charge < -0.3 is 0 Å². The fourth-order valence-electron chi connectivity index (χ4n) is 0.712. The van der Waals surface area contributed by atoms with Crippen LogP contribution in [0.4, 0.5) is 0 Å². The third-order valence-electron chi connectivity index (χ3n) is 1.26. The zero-order valence-corrected chi connectivity index (χ0v) is 10.2. The Hall–Kier alpha value is 1.13. The molecule has 0 bridgehead atoms. The first-order valence-corrected chi connectivity index (χ1v) is 6.12. The highest BCUT2D eigenvalue weighted by Gasteiger charge is 1.93. The average Bonchev–Trinajstić information content (AvgIpc) is 1.87. The monoisotopic (exact) mass is 366 g/mol.